The average Bonchev–Trinajstić information content (AvgIpc) is 2.58. The minimum atomic E-state index is -1.10. The van der Waals surface area contributed by atoms with Gasteiger partial charge in [-0.15, -0.1) is 0 Å². The third kappa shape index (κ3) is 3.82. The van der Waals surface area contributed by atoms with Gasteiger partial charge in [-0.25, -0.2) is 9.18 Å². The summed E-state index contributed by atoms with van der Waals surface area (Å²) in [5, 5.41) is 10.1. The summed E-state index contributed by atoms with van der Waals surface area (Å²) in [4.78, 5) is 19.0. The molecule has 0 amide bonds. The van der Waals surface area contributed by atoms with Crippen molar-refractivity contribution in [1.82, 2.24) is 9.97 Å². The molecule has 1 aromatic heterocycles. The molecule has 2 aromatic rings. The Morgan fingerprint density at radius 1 is 1.28 bits per heavy atom. The zero-order chi connectivity index (χ0) is 18.6. The molecule has 2 rings (SSSR count). The van der Waals surface area contributed by atoms with Gasteiger partial charge in [0.05, 0.1) is 31.4 Å². The Bertz CT molecular complexity index is 802. The van der Waals surface area contributed by atoms with Crippen molar-refractivity contribution in [2.24, 2.45) is 0 Å². The van der Waals surface area contributed by atoms with Gasteiger partial charge < -0.3 is 24.1 Å². The second-order valence-corrected chi connectivity index (χ2v) is 4.84. The van der Waals surface area contributed by atoms with Gasteiger partial charge in [0, 0.05) is 0 Å². The van der Waals surface area contributed by atoms with E-state index in [2.05, 4.69) is 14.7 Å². The third-order valence-electron chi connectivity index (χ3n) is 2.95. The van der Waals surface area contributed by atoms with Gasteiger partial charge >= 0.3 is 6.16 Å². The molecule has 1 heterocycles. The SMILES string of the molecule is CCOc1c(O)nc(-c2ccc(Cl)c(OC)c2F)nc1OC(=O)OC. The van der Waals surface area contributed by atoms with Crippen molar-refractivity contribution >= 4 is 17.8 Å². The lowest BCUT2D eigenvalue weighted by atomic mass is 10.2. The Morgan fingerprint density at radius 2 is 2.00 bits per heavy atom. The summed E-state index contributed by atoms with van der Waals surface area (Å²) in [5.74, 6) is -2.68. The highest BCUT2D eigenvalue weighted by Crippen LogP contribution is 2.39. The molecule has 0 aliphatic carbocycles. The van der Waals surface area contributed by atoms with E-state index in [1.54, 1.807) is 6.92 Å². The van der Waals surface area contributed by atoms with Crippen molar-refractivity contribution in [1.29, 1.82) is 0 Å². The monoisotopic (exact) mass is 372 g/mol. The first-order valence-electron chi connectivity index (χ1n) is 6.94. The number of halogens is 2. The second kappa shape index (κ2) is 7.84. The van der Waals surface area contributed by atoms with Crippen molar-refractivity contribution in [2.75, 3.05) is 20.8 Å². The number of aromatic hydroxyl groups is 1. The van der Waals surface area contributed by atoms with Gasteiger partial charge in [0.2, 0.25) is 5.75 Å². The van der Waals surface area contributed by atoms with Gasteiger partial charge in [-0.1, -0.05) is 11.6 Å². The molecule has 0 fully saturated rings. The van der Waals surface area contributed by atoms with E-state index in [4.69, 9.17) is 25.8 Å². The number of aromatic nitrogens is 2. The molecule has 1 N–H and O–H groups in total. The number of nitrogens with zero attached hydrogens (tertiary/aromatic N) is 2. The lowest BCUT2D eigenvalue weighted by Gasteiger charge is -2.13. The van der Waals surface area contributed by atoms with Crippen molar-refractivity contribution in [3.63, 3.8) is 0 Å². The molecule has 1 aromatic carbocycles. The molecule has 0 atom stereocenters. The summed E-state index contributed by atoms with van der Waals surface area (Å²) >= 11 is 5.84. The van der Waals surface area contributed by atoms with E-state index in [1.807, 2.05) is 0 Å². The van der Waals surface area contributed by atoms with Crippen LogP contribution in [0.5, 0.6) is 23.3 Å². The first kappa shape index (κ1) is 18.5. The predicted octanol–water partition coefficient (Wildman–Crippen LogP) is 3.19. The molecule has 0 spiro atoms. The van der Waals surface area contributed by atoms with Crippen molar-refractivity contribution in [3.05, 3.63) is 23.0 Å². The third-order valence-corrected chi connectivity index (χ3v) is 3.24. The molecule has 0 radical (unpaired) electrons. The standard InChI is InChI=1S/C15H14ClFN2O6/c1-4-24-11-13(20)18-12(19-14(11)25-15(21)23-3)7-5-6-8(16)10(22-2)9(7)17/h5-6H,4H2,1-3H3,(H,18,19,20). The van der Waals surface area contributed by atoms with Gasteiger partial charge in [0.1, 0.15) is 0 Å². The first-order valence-corrected chi connectivity index (χ1v) is 7.32. The molecule has 0 aliphatic heterocycles. The fourth-order valence-corrected chi connectivity index (χ4v) is 2.11. The van der Waals surface area contributed by atoms with E-state index >= 15 is 0 Å². The van der Waals surface area contributed by atoms with E-state index in [9.17, 15) is 14.3 Å². The molecule has 134 valence electrons. The van der Waals surface area contributed by atoms with E-state index in [-0.39, 0.29) is 34.5 Å². The molecule has 0 aliphatic rings. The van der Waals surface area contributed by atoms with Crippen LogP contribution in [0, 0.1) is 5.82 Å². The van der Waals surface area contributed by atoms with Gasteiger partial charge in [0.25, 0.3) is 11.8 Å². The van der Waals surface area contributed by atoms with Crippen LogP contribution >= 0.6 is 11.6 Å². The molecule has 0 unspecified atom stereocenters. The lowest BCUT2D eigenvalue weighted by Crippen LogP contribution is -2.11. The van der Waals surface area contributed by atoms with Crippen LogP contribution in [-0.2, 0) is 4.74 Å². The van der Waals surface area contributed by atoms with Crippen LogP contribution < -0.4 is 14.2 Å². The van der Waals surface area contributed by atoms with E-state index in [0.717, 1.165) is 7.11 Å². The summed E-state index contributed by atoms with van der Waals surface area (Å²) in [7, 11) is 2.34. The van der Waals surface area contributed by atoms with Crippen LogP contribution in [0.15, 0.2) is 12.1 Å². The summed E-state index contributed by atoms with van der Waals surface area (Å²) in [6.45, 7) is 1.77. The Labute approximate surface area is 147 Å². The fraction of sp³-hybridized carbons (Fsp3) is 0.267. The highest BCUT2D eigenvalue weighted by molar-refractivity contribution is 6.32. The molecule has 0 saturated carbocycles. The van der Waals surface area contributed by atoms with Crippen LogP contribution in [0.3, 0.4) is 0 Å². The Hall–Kier alpha value is -2.81. The van der Waals surface area contributed by atoms with E-state index < -0.39 is 23.7 Å². The number of hydrogen-bond acceptors (Lipinski definition) is 8. The van der Waals surface area contributed by atoms with Gasteiger partial charge in [-0.2, -0.15) is 9.97 Å². The molecule has 0 saturated heterocycles. The normalized spacial score (nSPS) is 10.3. The molecule has 8 nitrogen and oxygen atoms in total. The summed E-state index contributed by atoms with van der Waals surface area (Å²) in [6, 6.07) is 2.66. The Kier molecular flexibility index (Phi) is 5.81. The zero-order valence-corrected chi connectivity index (χ0v) is 14.3. The largest absolute Gasteiger partial charge is 0.515 e. The number of rotatable bonds is 5. The van der Waals surface area contributed by atoms with Crippen LogP contribution in [0.2, 0.25) is 5.02 Å². The summed E-state index contributed by atoms with van der Waals surface area (Å²) in [5.41, 5.74) is -0.130. The minimum absolute atomic E-state index is 0.0462. The number of carbonyl (C=O) groups is 1. The predicted molar refractivity (Wildman–Crippen MR) is 84.9 cm³/mol. The maximum absolute atomic E-state index is 14.5. The molecular weight excluding hydrogens is 359 g/mol. The fourth-order valence-electron chi connectivity index (χ4n) is 1.89. The van der Waals surface area contributed by atoms with Gasteiger partial charge in [-0.05, 0) is 19.1 Å². The summed E-state index contributed by atoms with van der Waals surface area (Å²) < 4.78 is 33.8. The first-order chi connectivity index (χ1) is 11.9. The Balaban J connectivity index is 2.61. The number of carbonyl (C=O) groups excluding carboxylic acids is 1. The van der Waals surface area contributed by atoms with Crippen LogP contribution in [0.4, 0.5) is 9.18 Å². The van der Waals surface area contributed by atoms with Crippen LogP contribution in [-0.4, -0.2) is 42.1 Å². The lowest BCUT2D eigenvalue weighted by molar-refractivity contribution is 0.117. The van der Waals surface area contributed by atoms with Crippen molar-refractivity contribution in [3.8, 4) is 34.6 Å². The molecule has 0 bridgehead atoms. The highest BCUT2D eigenvalue weighted by atomic mass is 35.5. The topological polar surface area (TPSA) is 100 Å². The molecule has 10 heteroatoms. The second-order valence-electron chi connectivity index (χ2n) is 4.44. The Morgan fingerprint density at radius 3 is 2.60 bits per heavy atom. The van der Waals surface area contributed by atoms with Gasteiger partial charge in [0.15, 0.2) is 17.4 Å². The molecule has 25 heavy (non-hydrogen) atoms. The summed E-state index contributed by atoms with van der Waals surface area (Å²) in [6.07, 6.45) is -1.10. The number of hydrogen-bond donors (Lipinski definition) is 1. The van der Waals surface area contributed by atoms with E-state index in [0.29, 0.717) is 0 Å². The van der Waals surface area contributed by atoms with Gasteiger partial charge in [-0.3, -0.25) is 0 Å². The number of benzene rings is 1. The van der Waals surface area contributed by atoms with Crippen LogP contribution in [0.25, 0.3) is 11.4 Å². The van der Waals surface area contributed by atoms with Crippen molar-refractivity contribution in [2.45, 2.75) is 6.92 Å². The number of ether oxygens (including phenoxy) is 4. The maximum atomic E-state index is 14.5. The number of methoxy groups -OCH3 is 2. The highest BCUT2D eigenvalue weighted by Gasteiger charge is 2.23. The maximum Gasteiger partial charge on any atom is 0.515 e. The van der Waals surface area contributed by atoms with Crippen molar-refractivity contribution < 1.29 is 33.2 Å². The van der Waals surface area contributed by atoms with Crippen LogP contribution in [0.1, 0.15) is 6.92 Å². The minimum Gasteiger partial charge on any atom is -0.492 e. The average molecular weight is 373 g/mol. The van der Waals surface area contributed by atoms with E-state index in [1.165, 1.54) is 19.2 Å². The smallest absolute Gasteiger partial charge is 0.492 e. The zero-order valence-electron chi connectivity index (χ0n) is 13.5. The molecular formula is C15H14ClFN2O6. The quantitative estimate of drug-likeness (QED) is 0.799.